The number of rotatable bonds is 3. The maximum absolute atomic E-state index is 12.3. The van der Waals surface area contributed by atoms with Gasteiger partial charge in [0.25, 0.3) is 15.9 Å². The van der Waals surface area contributed by atoms with Crippen molar-refractivity contribution in [3.63, 3.8) is 0 Å². The molecule has 1 amide bonds. The van der Waals surface area contributed by atoms with E-state index in [1.807, 2.05) is 0 Å². The van der Waals surface area contributed by atoms with Crippen molar-refractivity contribution in [2.75, 3.05) is 19.8 Å². The van der Waals surface area contributed by atoms with Crippen molar-refractivity contribution in [1.29, 1.82) is 0 Å². The lowest BCUT2D eigenvalue weighted by Gasteiger charge is -2.24. The van der Waals surface area contributed by atoms with Crippen LogP contribution in [0.5, 0.6) is 0 Å². The second kappa shape index (κ2) is 5.16. The Bertz CT molecular complexity index is 621. The maximum Gasteiger partial charge on any atom is 0.269 e. The smallest absolute Gasteiger partial charge is 0.269 e. The summed E-state index contributed by atoms with van der Waals surface area (Å²) in [4.78, 5) is 12.2. The van der Waals surface area contributed by atoms with Gasteiger partial charge in [-0.25, -0.2) is 12.7 Å². The van der Waals surface area contributed by atoms with Crippen LogP contribution in [0.1, 0.15) is 23.2 Å². The molecule has 108 valence electrons. The molecule has 1 aromatic rings. The normalized spacial score (nSPS) is 22.0. The minimum atomic E-state index is -3.72. The van der Waals surface area contributed by atoms with E-state index in [1.165, 1.54) is 12.1 Å². The Kier molecular flexibility index (Phi) is 3.49. The van der Waals surface area contributed by atoms with Crippen LogP contribution >= 0.6 is 0 Å². The summed E-state index contributed by atoms with van der Waals surface area (Å²) in [5.41, 5.74) is 0.234. The molecule has 0 N–H and O–H groups in total. The first-order valence-electron chi connectivity index (χ1n) is 6.50. The van der Waals surface area contributed by atoms with Crippen LogP contribution in [0.15, 0.2) is 29.2 Å². The fourth-order valence-corrected chi connectivity index (χ4v) is 3.96. The van der Waals surface area contributed by atoms with E-state index in [0.717, 1.165) is 10.7 Å². The molecule has 0 aromatic heterocycles. The van der Waals surface area contributed by atoms with E-state index in [2.05, 4.69) is 0 Å². The molecule has 1 saturated heterocycles. The van der Waals surface area contributed by atoms with Gasteiger partial charge in [0.2, 0.25) is 0 Å². The number of hydrogen-bond donors (Lipinski definition) is 0. The summed E-state index contributed by atoms with van der Waals surface area (Å²) < 4.78 is 36.2. The van der Waals surface area contributed by atoms with Crippen molar-refractivity contribution in [2.45, 2.75) is 24.0 Å². The number of amides is 1. The zero-order chi connectivity index (χ0) is 14.2. The lowest BCUT2D eigenvalue weighted by molar-refractivity contribution is -0.181. The zero-order valence-corrected chi connectivity index (χ0v) is 11.6. The van der Waals surface area contributed by atoms with Crippen LogP contribution in [0.25, 0.3) is 0 Å². The fraction of sp³-hybridized carbons (Fsp3) is 0.462. The van der Waals surface area contributed by atoms with Crippen LogP contribution in [-0.4, -0.2) is 44.7 Å². The van der Waals surface area contributed by atoms with E-state index in [1.54, 1.807) is 12.1 Å². The predicted octanol–water partition coefficient (Wildman–Crippen LogP) is 0.984. The van der Waals surface area contributed by atoms with Gasteiger partial charge < -0.3 is 9.47 Å². The SMILES string of the molecule is O=C1c2ccccc2S(=O)(=O)N1CCC1OCCCO1. The van der Waals surface area contributed by atoms with Gasteiger partial charge >= 0.3 is 0 Å². The van der Waals surface area contributed by atoms with E-state index in [4.69, 9.17) is 9.47 Å². The van der Waals surface area contributed by atoms with E-state index >= 15 is 0 Å². The van der Waals surface area contributed by atoms with Gasteiger partial charge in [-0.2, -0.15) is 0 Å². The Balaban J connectivity index is 1.76. The molecule has 0 spiro atoms. The number of carbonyl (C=O) groups excluding carboxylic acids is 1. The predicted molar refractivity (Wildman–Crippen MR) is 69.6 cm³/mol. The van der Waals surface area contributed by atoms with Crippen LogP contribution in [0.2, 0.25) is 0 Å². The van der Waals surface area contributed by atoms with Crippen LogP contribution in [0.4, 0.5) is 0 Å². The van der Waals surface area contributed by atoms with E-state index in [0.29, 0.717) is 19.6 Å². The summed E-state index contributed by atoms with van der Waals surface area (Å²) >= 11 is 0. The number of sulfonamides is 1. The van der Waals surface area contributed by atoms with Gasteiger partial charge in [0.05, 0.1) is 18.8 Å². The van der Waals surface area contributed by atoms with Gasteiger partial charge in [0.1, 0.15) is 4.90 Å². The van der Waals surface area contributed by atoms with Crippen molar-refractivity contribution in [3.05, 3.63) is 29.8 Å². The summed E-state index contributed by atoms with van der Waals surface area (Å²) in [5.74, 6) is -0.476. The second-order valence-corrected chi connectivity index (χ2v) is 6.52. The Morgan fingerprint density at radius 2 is 1.90 bits per heavy atom. The molecule has 2 aliphatic heterocycles. The molecule has 0 aliphatic carbocycles. The van der Waals surface area contributed by atoms with Crippen molar-refractivity contribution in [3.8, 4) is 0 Å². The van der Waals surface area contributed by atoms with Crippen LogP contribution in [-0.2, 0) is 19.5 Å². The summed E-state index contributed by atoms with van der Waals surface area (Å²) in [6.45, 7) is 1.28. The largest absolute Gasteiger partial charge is 0.353 e. The Morgan fingerprint density at radius 1 is 1.20 bits per heavy atom. The molecule has 7 heteroatoms. The van der Waals surface area contributed by atoms with Gasteiger partial charge in [-0.3, -0.25) is 4.79 Å². The Hall–Kier alpha value is -1.44. The topological polar surface area (TPSA) is 72.9 Å². The molecule has 20 heavy (non-hydrogen) atoms. The summed E-state index contributed by atoms with van der Waals surface area (Å²) in [6, 6.07) is 6.25. The van der Waals surface area contributed by atoms with Gasteiger partial charge in [-0.05, 0) is 18.6 Å². The van der Waals surface area contributed by atoms with Gasteiger partial charge in [-0.15, -0.1) is 0 Å². The minimum absolute atomic E-state index is 0.0700. The van der Waals surface area contributed by atoms with Gasteiger partial charge in [-0.1, -0.05) is 12.1 Å². The third-order valence-electron chi connectivity index (χ3n) is 3.38. The highest BCUT2D eigenvalue weighted by Gasteiger charge is 2.40. The molecule has 2 heterocycles. The highest BCUT2D eigenvalue weighted by Crippen LogP contribution is 2.30. The van der Waals surface area contributed by atoms with E-state index in [9.17, 15) is 13.2 Å². The van der Waals surface area contributed by atoms with Gasteiger partial charge in [0.15, 0.2) is 6.29 Å². The molecule has 1 fully saturated rings. The average molecular weight is 297 g/mol. The quantitative estimate of drug-likeness (QED) is 0.831. The first kappa shape index (κ1) is 13.5. The monoisotopic (exact) mass is 297 g/mol. The van der Waals surface area contributed by atoms with Crippen LogP contribution < -0.4 is 0 Å². The summed E-state index contributed by atoms with van der Waals surface area (Å²) in [6.07, 6.45) is 0.748. The number of ether oxygens (including phenoxy) is 2. The van der Waals surface area contributed by atoms with E-state index < -0.39 is 22.2 Å². The molecule has 1 aromatic carbocycles. The molecular weight excluding hydrogens is 282 g/mol. The number of hydrogen-bond acceptors (Lipinski definition) is 5. The van der Waals surface area contributed by atoms with Crippen molar-refractivity contribution >= 4 is 15.9 Å². The van der Waals surface area contributed by atoms with E-state index in [-0.39, 0.29) is 17.0 Å². The number of carbonyl (C=O) groups is 1. The molecule has 0 unspecified atom stereocenters. The summed E-state index contributed by atoms with van der Waals surface area (Å²) in [7, 11) is -3.72. The number of nitrogens with zero attached hydrogens (tertiary/aromatic N) is 1. The Labute approximate surface area is 117 Å². The molecule has 0 atom stereocenters. The third-order valence-corrected chi connectivity index (χ3v) is 5.22. The second-order valence-electron chi connectivity index (χ2n) is 4.69. The molecule has 0 bridgehead atoms. The zero-order valence-electron chi connectivity index (χ0n) is 10.8. The first-order chi connectivity index (χ1) is 9.60. The minimum Gasteiger partial charge on any atom is -0.353 e. The summed E-state index contributed by atoms with van der Waals surface area (Å²) in [5, 5.41) is 0. The highest BCUT2D eigenvalue weighted by molar-refractivity contribution is 7.90. The van der Waals surface area contributed by atoms with Crippen LogP contribution in [0, 0.1) is 0 Å². The maximum atomic E-state index is 12.3. The fourth-order valence-electron chi connectivity index (χ4n) is 2.38. The lowest BCUT2D eigenvalue weighted by atomic mass is 10.2. The molecule has 0 saturated carbocycles. The third kappa shape index (κ3) is 2.21. The first-order valence-corrected chi connectivity index (χ1v) is 7.94. The standard InChI is InChI=1S/C13H15NO5S/c15-13-10-4-1-2-5-11(10)20(16,17)14(13)7-6-12-18-8-3-9-19-12/h1-2,4-5,12H,3,6-9H2. The highest BCUT2D eigenvalue weighted by atomic mass is 32.2. The molecule has 0 radical (unpaired) electrons. The molecule has 3 rings (SSSR count). The Morgan fingerprint density at radius 3 is 2.60 bits per heavy atom. The average Bonchev–Trinajstić information content (AvgIpc) is 2.66. The van der Waals surface area contributed by atoms with Crippen LogP contribution in [0.3, 0.4) is 0 Å². The van der Waals surface area contributed by atoms with Gasteiger partial charge in [0, 0.05) is 13.0 Å². The molecular formula is C13H15NO5S. The van der Waals surface area contributed by atoms with Crippen molar-refractivity contribution in [1.82, 2.24) is 4.31 Å². The number of benzene rings is 1. The van der Waals surface area contributed by atoms with Crippen molar-refractivity contribution < 1.29 is 22.7 Å². The lowest BCUT2D eigenvalue weighted by Crippen LogP contribution is -2.35. The number of fused-ring (bicyclic) bond motifs is 1. The molecule has 6 nitrogen and oxygen atoms in total. The molecule has 2 aliphatic rings. The van der Waals surface area contributed by atoms with Crippen molar-refractivity contribution in [2.24, 2.45) is 0 Å².